The molecule has 0 bridgehead atoms. The van der Waals surface area contributed by atoms with Crippen molar-refractivity contribution in [3.8, 4) is 11.3 Å². The summed E-state index contributed by atoms with van der Waals surface area (Å²) in [7, 11) is 1.90. The van der Waals surface area contributed by atoms with Gasteiger partial charge in [-0.05, 0) is 12.0 Å². The molecular formula is C9H11N3. The summed E-state index contributed by atoms with van der Waals surface area (Å²) < 4.78 is 1.77. The van der Waals surface area contributed by atoms with Crippen LogP contribution < -0.4 is 0 Å². The van der Waals surface area contributed by atoms with Crippen molar-refractivity contribution in [1.82, 2.24) is 14.8 Å². The van der Waals surface area contributed by atoms with Gasteiger partial charge in [-0.25, -0.2) is 0 Å². The summed E-state index contributed by atoms with van der Waals surface area (Å²) in [5, 5.41) is 4.16. The van der Waals surface area contributed by atoms with Crippen LogP contribution >= 0.6 is 0 Å². The van der Waals surface area contributed by atoms with Gasteiger partial charge in [0.15, 0.2) is 0 Å². The van der Waals surface area contributed by atoms with Crippen LogP contribution in [-0.4, -0.2) is 14.8 Å². The first kappa shape index (κ1) is 7.28. The Hall–Kier alpha value is -1.38. The third-order valence-electron chi connectivity index (χ3n) is 2.04. The van der Waals surface area contributed by atoms with Gasteiger partial charge in [0.05, 0.1) is 11.9 Å². The summed E-state index contributed by atoms with van der Waals surface area (Å²) in [5.74, 6) is 0. The molecule has 0 aliphatic carbocycles. The van der Waals surface area contributed by atoms with Crippen LogP contribution in [0.3, 0.4) is 0 Å². The Morgan fingerprint density at radius 3 is 3.00 bits per heavy atom. The molecular weight excluding hydrogens is 150 g/mol. The van der Waals surface area contributed by atoms with Crippen LogP contribution in [-0.2, 0) is 13.5 Å². The van der Waals surface area contributed by atoms with Gasteiger partial charge in [0.1, 0.15) is 0 Å². The number of fused-ring (bicyclic) bond motifs is 1. The summed E-state index contributed by atoms with van der Waals surface area (Å²) in [6.45, 7) is 2.13. The molecule has 0 aromatic heterocycles. The molecule has 62 valence electrons. The minimum absolute atomic E-state index is 1.02. The first-order valence-corrected chi connectivity index (χ1v) is 4.07. The van der Waals surface area contributed by atoms with Crippen molar-refractivity contribution in [2.24, 2.45) is 7.05 Å². The smallest absolute Gasteiger partial charge is 0.0900 e. The molecule has 2 aliphatic heterocycles. The normalized spacial score (nSPS) is 10.8. The van der Waals surface area contributed by atoms with Crippen molar-refractivity contribution in [1.29, 1.82) is 0 Å². The van der Waals surface area contributed by atoms with E-state index in [-0.39, 0.29) is 0 Å². The van der Waals surface area contributed by atoms with E-state index >= 15 is 0 Å². The Balaban J connectivity index is 2.63. The van der Waals surface area contributed by atoms with E-state index < -0.39 is 0 Å². The molecule has 0 spiro atoms. The lowest BCUT2D eigenvalue weighted by atomic mass is 10.1. The van der Waals surface area contributed by atoms with Gasteiger partial charge in [-0.2, -0.15) is 5.10 Å². The van der Waals surface area contributed by atoms with Crippen molar-refractivity contribution in [2.75, 3.05) is 0 Å². The first-order valence-electron chi connectivity index (χ1n) is 4.07. The van der Waals surface area contributed by atoms with Crippen LogP contribution in [0.15, 0.2) is 18.6 Å². The van der Waals surface area contributed by atoms with Crippen molar-refractivity contribution in [2.45, 2.75) is 13.3 Å². The largest absolute Gasteiger partial charge is 0.274 e. The van der Waals surface area contributed by atoms with Crippen molar-refractivity contribution >= 4 is 0 Å². The number of aromatic nitrogens is 3. The number of hydrogen-bond acceptors (Lipinski definition) is 2. The highest BCUT2D eigenvalue weighted by atomic mass is 15.2. The van der Waals surface area contributed by atoms with Gasteiger partial charge in [-0.1, -0.05) is 6.92 Å². The van der Waals surface area contributed by atoms with Gasteiger partial charge in [-0.15, -0.1) is 0 Å². The van der Waals surface area contributed by atoms with E-state index in [1.54, 1.807) is 4.68 Å². The predicted molar refractivity (Wildman–Crippen MR) is 47.0 cm³/mol. The lowest BCUT2D eigenvalue weighted by Crippen LogP contribution is -1.97. The molecule has 0 saturated heterocycles. The van der Waals surface area contributed by atoms with Crippen molar-refractivity contribution in [3.05, 3.63) is 24.2 Å². The summed E-state index contributed by atoms with van der Waals surface area (Å²) in [6, 6.07) is 0. The fourth-order valence-corrected chi connectivity index (χ4v) is 1.34. The lowest BCUT2D eigenvalue weighted by Gasteiger charge is -2.01. The predicted octanol–water partition coefficient (Wildman–Crippen LogP) is 1.48. The average molecular weight is 161 g/mol. The zero-order chi connectivity index (χ0) is 8.55. The molecule has 0 N–H and O–H groups in total. The molecule has 12 heavy (non-hydrogen) atoms. The van der Waals surface area contributed by atoms with Crippen LogP contribution in [0.2, 0.25) is 0 Å². The molecule has 0 aromatic carbocycles. The van der Waals surface area contributed by atoms with Crippen LogP contribution in [0, 0.1) is 0 Å². The van der Waals surface area contributed by atoms with Crippen LogP contribution in [0.25, 0.3) is 11.3 Å². The summed E-state index contributed by atoms with van der Waals surface area (Å²) >= 11 is 0. The quantitative estimate of drug-likeness (QED) is 0.634. The molecule has 0 aromatic rings. The summed E-state index contributed by atoms with van der Waals surface area (Å²) in [4.78, 5) is 4.29. The highest BCUT2D eigenvalue weighted by molar-refractivity contribution is 5.63. The van der Waals surface area contributed by atoms with Crippen molar-refractivity contribution < 1.29 is 0 Å². The summed E-state index contributed by atoms with van der Waals surface area (Å²) in [6.07, 6.45) is 6.76. The van der Waals surface area contributed by atoms with E-state index in [0.717, 1.165) is 12.1 Å². The third kappa shape index (κ3) is 0.978. The molecule has 0 fully saturated rings. The summed E-state index contributed by atoms with van der Waals surface area (Å²) in [5.41, 5.74) is 3.48. The van der Waals surface area contributed by atoms with Gasteiger partial charge >= 0.3 is 0 Å². The van der Waals surface area contributed by atoms with E-state index in [1.807, 2.05) is 25.6 Å². The molecule has 0 saturated carbocycles. The van der Waals surface area contributed by atoms with E-state index in [0.29, 0.717) is 0 Å². The van der Waals surface area contributed by atoms with E-state index in [2.05, 4.69) is 17.0 Å². The molecule has 2 aliphatic rings. The zero-order valence-corrected chi connectivity index (χ0v) is 7.28. The molecule has 0 amide bonds. The van der Waals surface area contributed by atoms with Gasteiger partial charge < -0.3 is 0 Å². The van der Waals surface area contributed by atoms with E-state index in [4.69, 9.17) is 0 Å². The van der Waals surface area contributed by atoms with Crippen LogP contribution in [0.4, 0.5) is 0 Å². The van der Waals surface area contributed by atoms with Crippen LogP contribution in [0.5, 0.6) is 0 Å². The number of rotatable bonds is 1. The highest BCUT2D eigenvalue weighted by Gasteiger charge is 2.09. The Morgan fingerprint density at radius 2 is 2.25 bits per heavy atom. The Labute approximate surface area is 71.4 Å². The molecule has 0 atom stereocenters. The number of hydrogen-bond donors (Lipinski definition) is 0. The maximum absolute atomic E-state index is 4.29. The molecule has 3 nitrogen and oxygen atoms in total. The lowest BCUT2D eigenvalue weighted by molar-refractivity contribution is 0.737. The van der Waals surface area contributed by atoms with E-state index in [1.165, 1.54) is 11.1 Å². The standard InChI is InChI=1S/C9H11N3/c1-3-7-4-10-9-6-12(2)11-5-8(7)9/h4-6H,3H2,1-2H3. The van der Waals surface area contributed by atoms with Gasteiger partial charge in [-0.3, -0.25) is 9.67 Å². The second-order valence-corrected chi connectivity index (χ2v) is 2.88. The van der Waals surface area contributed by atoms with Gasteiger partial charge in [0.25, 0.3) is 0 Å². The second kappa shape index (κ2) is 2.59. The highest BCUT2D eigenvalue weighted by Crippen LogP contribution is 2.23. The number of aryl methyl sites for hydroxylation is 2. The fourth-order valence-electron chi connectivity index (χ4n) is 1.34. The third-order valence-corrected chi connectivity index (χ3v) is 2.04. The molecule has 2 rings (SSSR count). The molecule has 0 unspecified atom stereocenters. The topological polar surface area (TPSA) is 30.7 Å². The molecule has 2 heterocycles. The average Bonchev–Trinajstić information content (AvgIpc) is 2.46. The molecule has 0 radical (unpaired) electrons. The van der Waals surface area contributed by atoms with Crippen LogP contribution in [0.1, 0.15) is 12.5 Å². The molecule has 3 heteroatoms. The SMILES string of the molecule is CCc1cnc2cn(C)ncc1-2. The Kier molecular flexibility index (Phi) is 1.57. The van der Waals surface area contributed by atoms with Gasteiger partial charge in [0.2, 0.25) is 0 Å². The Bertz CT molecular complexity index is 364. The minimum Gasteiger partial charge on any atom is -0.274 e. The van der Waals surface area contributed by atoms with E-state index in [9.17, 15) is 0 Å². The zero-order valence-electron chi connectivity index (χ0n) is 7.28. The fraction of sp³-hybridized carbons (Fsp3) is 0.333. The van der Waals surface area contributed by atoms with Gasteiger partial charge in [0, 0.05) is 25.0 Å². The monoisotopic (exact) mass is 161 g/mol. The van der Waals surface area contributed by atoms with Crippen molar-refractivity contribution in [3.63, 3.8) is 0 Å². The minimum atomic E-state index is 1.02. The first-order chi connectivity index (χ1) is 5.81. The second-order valence-electron chi connectivity index (χ2n) is 2.88. The maximum Gasteiger partial charge on any atom is 0.0900 e. The Morgan fingerprint density at radius 1 is 1.42 bits per heavy atom. The maximum atomic E-state index is 4.29. The number of nitrogens with zero attached hydrogens (tertiary/aromatic N) is 3.